The van der Waals surface area contributed by atoms with Crippen LogP contribution in [0, 0.1) is 0 Å². The van der Waals surface area contributed by atoms with Crippen LogP contribution in [0.15, 0.2) is 21.4 Å². The van der Waals surface area contributed by atoms with Gasteiger partial charge in [0.25, 0.3) is 0 Å². The molecule has 5 nitrogen and oxygen atoms in total. The van der Waals surface area contributed by atoms with Crippen LogP contribution in [0.25, 0.3) is 11.1 Å². The number of ether oxygens (including phenoxy) is 1. The Balaban J connectivity index is 2.05. The number of benzene rings is 1. The topological polar surface area (TPSA) is 69.4 Å². The Morgan fingerprint density at radius 3 is 2.58 bits per heavy atom. The van der Waals surface area contributed by atoms with Crippen molar-refractivity contribution in [1.29, 1.82) is 0 Å². The molecule has 132 valence electrons. The van der Waals surface area contributed by atoms with E-state index in [1.165, 1.54) is 0 Å². The van der Waals surface area contributed by atoms with Crippen molar-refractivity contribution in [1.82, 2.24) is 4.98 Å². The zero-order valence-electron chi connectivity index (χ0n) is 14.3. The fourth-order valence-corrected chi connectivity index (χ4v) is 5.32. The van der Waals surface area contributed by atoms with Gasteiger partial charge < -0.3 is 9.15 Å². The molecule has 0 atom stereocenters. The number of hydrogen-bond donors (Lipinski definition) is 0. The van der Waals surface area contributed by atoms with E-state index in [9.17, 15) is 8.42 Å². The van der Waals surface area contributed by atoms with E-state index in [2.05, 4.69) is 4.98 Å². The molecule has 1 aliphatic carbocycles. The lowest BCUT2D eigenvalue weighted by Gasteiger charge is -2.34. The van der Waals surface area contributed by atoms with Crippen molar-refractivity contribution in [3.63, 3.8) is 0 Å². The van der Waals surface area contributed by atoms with E-state index in [4.69, 9.17) is 20.8 Å². The lowest BCUT2D eigenvalue weighted by Crippen LogP contribution is -2.41. The highest BCUT2D eigenvalue weighted by atomic mass is 35.5. The molecular formula is C17H22ClNO4S. The maximum atomic E-state index is 13.0. The van der Waals surface area contributed by atoms with Gasteiger partial charge in [0.05, 0.1) is 16.4 Å². The number of aromatic nitrogens is 1. The van der Waals surface area contributed by atoms with Gasteiger partial charge in [-0.1, -0.05) is 32.4 Å². The van der Waals surface area contributed by atoms with E-state index in [0.29, 0.717) is 30.9 Å². The summed E-state index contributed by atoms with van der Waals surface area (Å²) in [6.45, 7) is 8.39. The summed E-state index contributed by atoms with van der Waals surface area (Å²) in [6.07, 6.45) is 0.986. The van der Waals surface area contributed by atoms with Gasteiger partial charge in [0.15, 0.2) is 15.4 Å². The van der Waals surface area contributed by atoms with Gasteiger partial charge in [0.1, 0.15) is 10.4 Å². The Bertz CT molecular complexity index is 861. The molecule has 1 aliphatic rings. The van der Waals surface area contributed by atoms with Crippen molar-refractivity contribution in [2.75, 3.05) is 6.61 Å². The third-order valence-electron chi connectivity index (χ3n) is 4.28. The molecule has 3 rings (SSSR count). The molecule has 0 spiro atoms. The van der Waals surface area contributed by atoms with Crippen LogP contribution in [0.1, 0.15) is 46.4 Å². The average molecular weight is 372 g/mol. The molecule has 0 amide bonds. The van der Waals surface area contributed by atoms with Gasteiger partial charge in [0, 0.05) is 12.0 Å². The van der Waals surface area contributed by atoms with Crippen LogP contribution in [0.2, 0.25) is 5.02 Å². The lowest BCUT2D eigenvalue weighted by atomic mass is 9.95. The average Bonchev–Trinajstić information content (AvgIpc) is 2.85. The third-order valence-corrected chi connectivity index (χ3v) is 6.95. The van der Waals surface area contributed by atoms with Gasteiger partial charge in [-0.3, -0.25) is 0 Å². The summed E-state index contributed by atoms with van der Waals surface area (Å²) in [4.78, 5) is 4.49. The van der Waals surface area contributed by atoms with Crippen LogP contribution in [0.5, 0.6) is 0 Å². The van der Waals surface area contributed by atoms with Crippen molar-refractivity contribution in [2.45, 2.75) is 62.2 Å². The van der Waals surface area contributed by atoms with Crippen LogP contribution in [-0.2, 0) is 20.0 Å². The van der Waals surface area contributed by atoms with Crippen LogP contribution in [0.3, 0.4) is 0 Å². The summed E-state index contributed by atoms with van der Waals surface area (Å²) in [6, 6.07) is 3.27. The number of sulfone groups is 1. The Morgan fingerprint density at radius 2 is 2.00 bits per heavy atom. The highest BCUT2D eigenvalue weighted by Crippen LogP contribution is 2.40. The molecule has 24 heavy (non-hydrogen) atoms. The fourth-order valence-electron chi connectivity index (χ4n) is 2.84. The highest BCUT2D eigenvalue weighted by Gasteiger charge is 2.42. The Kier molecular flexibility index (Phi) is 4.43. The second kappa shape index (κ2) is 6.00. The van der Waals surface area contributed by atoms with Crippen LogP contribution in [-0.4, -0.2) is 31.4 Å². The van der Waals surface area contributed by atoms with Gasteiger partial charge in [-0.15, -0.1) is 0 Å². The zero-order chi connectivity index (χ0) is 17.7. The molecular weight excluding hydrogens is 350 g/mol. The smallest absolute Gasteiger partial charge is 0.200 e. The van der Waals surface area contributed by atoms with Gasteiger partial charge in [-0.25, -0.2) is 13.4 Å². The van der Waals surface area contributed by atoms with Crippen LogP contribution >= 0.6 is 11.6 Å². The molecule has 1 fully saturated rings. The quantitative estimate of drug-likeness (QED) is 0.808. The van der Waals surface area contributed by atoms with Crippen LogP contribution in [0.4, 0.5) is 0 Å². The SMILES string of the molecule is CCOC1CC(S(=O)(=O)c2c(Cl)ccc3nc(C(C)(C)C)oc23)C1. The summed E-state index contributed by atoms with van der Waals surface area (Å²) in [7, 11) is -3.59. The molecule has 0 N–H and O–H groups in total. The number of nitrogens with zero attached hydrogens (tertiary/aromatic N) is 1. The van der Waals surface area contributed by atoms with Gasteiger partial charge >= 0.3 is 0 Å². The largest absolute Gasteiger partial charge is 0.439 e. The molecule has 0 saturated heterocycles. The summed E-state index contributed by atoms with van der Waals surface area (Å²) in [5.74, 6) is 0.497. The van der Waals surface area contributed by atoms with Crippen molar-refractivity contribution in [3.05, 3.63) is 23.0 Å². The first-order valence-corrected chi connectivity index (χ1v) is 10.0. The van der Waals surface area contributed by atoms with Crippen molar-refractivity contribution in [3.8, 4) is 0 Å². The van der Waals surface area contributed by atoms with Crippen molar-refractivity contribution < 1.29 is 17.6 Å². The number of halogens is 1. The predicted octanol–water partition coefficient (Wildman–Crippen LogP) is 4.12. The fraction of sp³-hybridized carbons (Fsp3) is 0.588. The standard InChI is InChI=1S/C17H22ClNO4S/c1-5-22-10-8-11(9-10)24(20,21)15-12(18)6-7-13-14(15)23-16(19-13)17(2,3)4/h6-7,10-11H,5,8-9H2,1-4H3. The first-order valence-electron chi connectivity index (χ1n) is 8.09. The summed E-state index contributed by atoms with van der Waals surface area (Å²) in [5.41, 5.74) is 0.458. The molecule has 1 aromatic carbocycles. The predicted molar refractivity (Wildman–Crippen MR) is 93.3 cm³/mol. The van der Waals surface area contributed by atoms with E-state index in [1.54, 1.807) is 12.1 Å². The number of oxazole rings is 1. The minimum Gasteiger partial charge on any atom is -0.439 e. The van der Waals surface area contributed by atoms with E-state index in [1.807, 2.05) is 27.7 Å². The Labute approximate surface area is 147 Å². The van der Waals surface area contributed by atoms with Crippen molar-refractivity contribution in [2.24, 2.45) is 0 Å². The second-order valence-electron chi connectivity index (χ2n) is 7.21. The summed E-state index contributed by atoms with van der Waals surface area (Å²) in [5, 5.41) is -0.306. The zero-order valence-corrected chi connectivity index (χ0v) is 15.9. The normalized spacial score (nSPS) is 21.9. The number of rotatable bonds is 4. The maximum absolute atomic E-state index is 13.0. The minimum absolute atomic E-state index is 0.00705. The molecule has 2 aromatic rings. The van der Waals surface area contributed by atoms with E-state index >= 15 is 0 Å². The van der Waals surface area contributed by atoms with Gasteiger partial charge in [0.2, 0.25) is 5.89 Å². The third kappa shape index (κ3) is 2.95. The molecule has 1 aromatic heterocycles. The molecule has 0 aliphatic heterocycles. The summed E-state index contributed by atoms with van der Waals surface area (Å²) >= 11 is 6.24. The Morgan fingerprint density at radius 1 is 1.33 bits per heavy atom. The minimum atomic E-state index is -3.59. The molecule has 7 heteroatoms. The molecule has 1 heterocycles. The highest BCUT2D eigenvalue weighted by molar-refractivity contribution is 7.92. The van der Waals surface area contributed by atoms with E-state index in [0.717, 1.165) is 0 Å². The summed E-state index contributed by atoms with van der Waals surface area (Å²) < 4.78 is 37.4. The number of hydrogen-bond acceptors (Lipinski definition) is 5. The van der Waals surface area contributed by atoms with Crippen LogP contribution < -0.4 is 0 Å². The van der Waals surface area contributed by atoms with Gasteiger partial charge in [-0.05, 0) is 31.9 Å². The lowest BCUT2D eigenvalue weighted by molar-refractivity contribution is 0.0122. The molecule has 1 saturated carbocycles. The first kappa shape index (κ1) is 17.7. The van der Waals surface area contributed by atoms with E-state index in [-0.39, 0.29) is 27.0 Å². The molecule has 0 radical (unpaired) electrons. The first-order chi connectivity index (χ1) is 11.1. The second-order valence-corrected chi connectivity index (χ2v) is 9.78. The van der Waals surface area contributed by atoms with Gasteiger partial charge in [-0.2, -0.15) is 0 Å². The maximum Gasteiger partial charge on any atom is 0.200 e. The monoisotopic (exact) mass is 371 g/mol. The Hall–Kier alpha value is -1.11. The molecule has 0 unspecified atom stereocenters. The van der Waals surface area contributed by atoms with Crippen molar-refractivity contribution >= 4 is 32.5 Å². The number of fused-ring (bicyclic) bond motifs is 1. The van der Waals surface area contributed by atoms with E-state index < -0.39 is 15.1 Å². The molecule has 0 bridgehead atoms.